The van der Waals surface area contributed by atoms with E-state index in [2.05, 4.69) is 15.3 Å². The van der Waals surface area contributed by atoms with E-state index in [1.807, 2.05) is 6.92 Å². The standard InChI is InChI=1S/C13H14FN5O4S/c1-2-3-15-13-16-5-7-4-8(20)12(10(14)11(7)17-13)19-6-9(21)18-24(19,22)23/h4-5,20H,2-3,6H2,1H3,(H,18,21)(H,15,16,17). The first-order valence-corrected chi connectivity index (χ1v) is 8.53. The van der Waals surface area contributed by atoms with Crippen molar-refractivity contribution in [3.63, 3.8) is 0 Å². The fourth-order valence-corrected chi connectivity index (χ4v) is 3.48. The zero-order valence-corrected chi connectivity index (χ0v) is 13.4. The van der Waals surface area contributed by atoms with Crippen molar-refractivity contribution < 1.29 is 22.7 Å². The summed E-state index contributed by atoms with van der Waals surface area (Å²) in [7, 11) is -4.25. The predicted octanol–water partition coefficient (Wildman–Crippen LogP) is 0.477. The smallest absolute Gasteiger partial charge is 0.326 e. The quantitative estimate of drug-likeness (QED) is 0.728. The van der Waals surface area contributed by atoms with E-state index in [9.17, 15) is 22.7 Å². The summed E-state index contributed by atoms with van der Waals surface area (Å²) in [5.41, 5.74) is -0.785. The van der Waals surface area contributed by atoms with E-state index in [1.165, 1.54) is 6.20 Å². The maximum atomic E-state index is 14.8. The second-order valence-corrected chi connectivity index (χ2v) is 6.75. The molecule has 3 N–H and O–H groups in total. The molecule has 0 atom stereocenters. The second-order valence-electron chi connectivity index (χ2n) is 5.15. The highest BCUT2D eigenvalue weighted by Crippen LogP contribution is 2.37. The lowest BCUT2D eigenvalue weighted by Crippen LogP contribution is -2.30. The number of amides is 1. The Hall–Kier alpha value is -2.69. The normalized spacial score (nSPS) is 16.4. The van der Waals surface area contributed by atoms with Crippen molar-refractivity contribution in [1.29, 1.82) is 0 Å². The van der Waals surface area contributed by atoms with Gasteiger partial charge in [0.05, 0.1) is 0 Å². The number of nitrogens with zero attached hydrogens (tertiary/aromatic N) is 3. The Morgan fingerprint density at radius 1 is 1.50 bits per heavy atom. The molecule has 1 aliphatic rings. The van der Waals surface area contributed by atoms with Crippen molar-refractivity contribution in [2.24, 2.45) is 0 Å². The van der Waals surface area contributed by atoms with Crippen LogP contribution < -0.4 is 14.3 Å². The van der Waals surface area contributed by atoms with E-state index < -0.39 is 39.9 Å². The number of hydrogen-bond donors (Lipinski definition) is 3. The van der Waals surface area contributed by atoms with Gasteiger partial charge in [0.15, 0.2) is 5.82 Å². The molecule has 0 aliphatic carbocycles. The third-order valence-electron chi connectivity index (χ3n) is 3.37. The van der Waals surface area contributed by atoms with Gasteiger partial charge >= 0.3 is 10.2 Å². The zero-order valence-electron chi connectivity index (χ0n) is 12.6. The second kappa shape index (κ2) is 5.74. The highest BCUT2D eigenvalue weighted by atomic mass is 32.2. The van der Waals surface area contributed by atoms with Gasteiger partial charge in [0.2, 0.25) is 5.95 Å². The first kappa shape index (κ1) is 16.2. The van der Waals surface area contributed by atoms with E-state index in [-0.39, 0.29) is 16.9 Å². The minimum atomic E-state index is -4.25. The molecule has 1 fully saturated rings. The summed E-state index contributed by atoms with van der Waals surface area (Å²) < 4.78 is 40.8. The molecule has 0 saturated carbocycles. The van der Waals surface area contributed by atoms with Crippen molar-refractivity contribution in [3.05, 3.63) is 18.1 Å². The van der Waals surface area contributed by atoms with Crippen LogP contribution in [0.25, 0.3) is 10.9 Å². The van der Waals surface area contributed by atoms with Crippen LogP contribution in [0.15, 0.2) is 12.3 Å². The van der Waals surface area contributed by atoms with Crippen molar-refractivity contribution in [3.8, 4) is 5.75 Å². The molecule has 1 aliphatic heterocycles. The zero-order chi connectivity index (χ0) is 17.5. The molecule has 1 saturated heterocycles. The molecule has 1 amide bonds. The number of aromatic hydroxyl groups is 1. The summed E-state index contributed by atoms with van der Waals surface area (Å²) in [6.07, 6.45) is 2.12. The Balaban J connectivity index is 2.16. The first-order valence-electron chi connectivity index (χ1n) is 7.09. The Kier molecular flexibility index (Phi) is 3.87. The van der Waals surface area contributed by atoms with Crippen molar-refractivity contribution in [1.82, 2.24) is 14.7 Å². The Labute approximate surface area is 136 Å². The molecule has 0 radical (unpaired) electrons. The van der Waals surface area contributed by atoms with E-state index in [0.29, 0.717) is 10.8 Å². The number of halogens is 1. The number of benzene rings is 1. The maximum absolute atomic E-state index is 14.8. The van der Waals surface area contributed by atoms with Gasteiger partial charge in [0.1, 0.15) is 23.5 Å². The number of phenols is 1. The van der Waals surface area contributed by atoms with Crippen LogP contribution >= 0.6 is 0 Å². The molecular formula is C13H14FN5O4S. The number of fused-ring (bicyclic) bond motifs is 1. The number of aromatic nitrogens is 2. The monoisotopic (exact) mass is 355 g/mol. The van der Waals surface area contributed by atoms with Crippen LogP contribution in [-0.4, -0.2) is 42.5 Å². The Morgan fingerprint density at radius 2 is 2.25 bits per heavy atom. The molecule has 2 aromatic rings. The lowest BCUT2D eigenvalue weighted by Gasteiger charge is -2.17. The van der Waals surface area contributed by atoms with Crippen LogP contribution in [0.1, 0.15) is 13.3 Å². The molecule has 0 bridgehead atoms. The molecule has 3 rings (SSSR count). The number of rotatable bonds is 4. The van der Waals surface area contributed by atoms with Crippen LogP contribution in [0.3, 0.4) is 0 Å². The molecule has 0 spiro atoms. The minimum absolute atomic E-state index is 0.161. The van der Waals surface area contributed by atoms with E-state index in [4.69, 9.17) is 0 Å². The van der Waals surface area contributed by atoms with Gasteiger partial charge in [0, 0.05) is 18.1 Å². The van der Waals surface area contributed by atoms with Gasteiger partial charge in [-0.25, -0.2) is 23.4 Å². The third-order valence-corrected chi connectivity index (χ3v) is 4.75. The summed E-state index contributed by atoms with van der Waals surface area (Å²) in [6.45, 7) is 1.90. The van der Waals surface area contributed by atoms with Crippen molar-refractivity contribution in [2.45, 2.75) is 13.3 Å². The van der Waals surface area contributed by atoms with Crippen molar-refractivity contribution in [2.75, 3.05) is 22.7 Å². The van der Waals surface area contributed by atoms with Crippen LogP contribution in [0.2, 0.25) is 0 Å². The first-order chi connectivity index (χ1) is 11.3. The van der Waals surface area contributed by atoms with Gasteiger partial charge in [-0.3, -0.25) is 4.79 Å². The average Bonchev–Trinajstić information content (AvgIpc) is 2.78. The molecule has 11 heteroatoms. The summed E-state index contributed by atoms with van der Waals surface area (Å²) in [4.78, 5) is 19.3. The van der Waals surface area contributed by atoms with Crippen LogP contribution in [0, 0.1) is 5.82 Å². The average molecular weight is 355 g/mol. The summed E-state index contributed by atoms with van der Waals surface area (Å²) in [6, 6.07) is 1.15. The number of carbonyl (C=O) groups excluding carboxylic acids is 1. The van der Waals surface area contributed by atoms with Gasteiger partial charge in [-0.05, 0) is 12.5 Å². The molecule has 1 aromatic heterocycles. The number of phenolic OH excluding ortho intramolecular Hbond substituents is 1. The molecule has 24 heavy (non-hydrogen) atoms. The topological polar surface area (TPSA) is 125 Å². The maximum Gasteiger partial charge on any atom is 0.326 e. The molecule has 9 nitrogen and oxygen atoms in total. The summed E-state index contributed by atoms with van der Waals surface area (Å²) in [5.74, 6) is -2.31. The van der Waals surface area contributed by atoms with Gasteiger partial charge in [-0.15, -0.1) is 0 Å². The summed E-state index contributed by atoms with van der Waals surface area (Å²) in [5, 5.41) is 13.1. The van der Waals surface area contributed by atoms with Crippen LogP contribution in [-0.2, 0) is 15.0 Å². The lowest BCUT2D eigenvalue weighted by atomic mass is 10.2. The highest BCUT2D eigenvalue weighted by molar-refractivity contribution is 7.92. The minimum Gasteiger partial charge on any atom is -0.506 e. The number of carbonyl (C=O) groups is 1. The molecule has 2 heterocycles. The van der Waals surface area contributed by atoms with Gasteiger partial charge in [-0.1, -0.05) is 6.92 Å². The largest absolute Gasteiger partial charge is 0.506 e. The fourth-order valence-electron chi connectivity index (χ4n) is 2.32. The molecule has 128 valence electrons. The number of hydrogen-bond acceptors (Lipinski definition) is 7. The Morgan fingerprint density at radius 3 is 2.88 bits per heavy atom. The molecule has 1 aromatic carbocycles. The van der Waals surface area contributed by atoms with E-state index in [0.717, 1.165) is 12.5 Å². The van der Waals surface area contributed by atoms with Crippen LogP contribution in [0.4, 0.5) is 16.0 Å². The van der Waals surface area contributed by atoms with Gasteiger partial charge < -0.3 is 10.4 Å². The number of nitrogens with one attached hydrogen (secondary N) is 2. The fraction of sp³-hybridized carbons (Fsp3) is 0.308. The van der Waals surface area contributed by atoms with E-state index in [1.54, 1.807) is 4.72 Å². The number of anilines is 2. The SMILES string of the molecule is CCCNc1ncc2cc(O)c(N3CC(=O)NS3(=O)=O)c(F)c2n1. The highest BCUT2D eigenvalue weighted by Gasteiger charge is 2.38. The van der Waals surface area contributed by atoms with Crippen LogP contribution in [0.5, 0.6) is 5.75 Å². The van der Waals surface area contributed by atoms with E-state index >= 15 is 0 Å². The summed E-state index contributed by atoms with van der Waals surface area (Å²) >= 11 is 0. The van der Waals surface area contributed by atoms with Gasteiger partial charge in [-0.2, -0.15) is 8.42 Å². The van der Waals surface area contributed by atoms with Gasteiger partial charge in [0.25, 0.3) is 5.91 Å². The molecular weight excluding hydrogens is 341 g/mol. The molecule has 0 unspecified atom stereocenters. The Bertz CT molecular complexity index is 934. The lowest BCUT2D eigenvalue weighted by molar-refractivity contribution is -0.117. The third kappa shape index (κ3) is 2.66. The predicted molar refractivity (Wildman–Crippen MR) is 84.4 cm³/mol. The van der Waals surface area contributed by atoms with Crippen molar-refractivity contribution >= 4 is 38.7 Å².